The maximum absolute atomic E-state index is 14.1. The third-order valence-corrected chi connectivity index (χ3v) is 7.58. The second-order valence-corrected chi connectivity index (χ2v) is 11.3. The number of halogens is 7. The number of hydrogen-bond donors (Lipinski definition) is 3. The minimum atomic E-state index is -4.69. The van der Waals surface area contributed by atoms with E-state index in [0.717, 1.165) is 18.0 Å². The summed E-state index contributed by atoms with van der Waals surface area (Å²) in [6, 6.07) is -3.20. The molecule has 40 heavy (non-hydrogen) atoms. The van der Waals surface area contributed by atoms with Crippen LogP contribution in [0.2, 0.25) is 0 Å². The van der Waals surface area contributed by atoms with Crippen LogP contribution in [0.25, 0.3) is 10.4 Å². The predicted octanol–water partition coefficient (Wildman–Crippen LogP) is 5.26. The number of nitrogens with one attached hydrogen (secondary N) is 2. The Hall–Kier alpha value is -3.01. The molecule has 0 aromatic carbocycles. The molecule has 3 atom stereocenters. The van der Waals surface area contributed by atoms with Gasteiger partial charge >= 0.3 is 6.18 Å². The molecule has 0 radical (unpaired) electrons. The van der Waals surface area contributed by atoms with Crippen LogP contribution >= 0.6 is 11.3 Å². The molecule has 16 heteroatoms. The molecule has 3 heterocycles. The number of alkyl halides is 7. The highest BCUT2D eigenvalue weighted by Crippen LogP contribution is 2.40. The molecule has 0 aliphatic carbocycles. The minimum Gasteiger partial charge on any atom is -0.388 e. The molecule has 3 rings (SSSR count). The summed E-state index contributed by atoms with van der Waals surface area (Å²) in [6.45, 7) is 5.51. The van der Waals surface area contributed by atoms with Crippen LogP contribution in [0.4, 0.5) is 36.6 Å². The van der Waals surface area contributed by atoms with E-state index in [4.69, 9.17) is 0 Å². The molecule has 1 aliphatic rings. The van der Waals surface area contributed by atoms with E-state index < -0.39 is 89.7 Å². The van der Waals surface area contributed by atoms with E-state index in [1.165, 1.54) is 27.7 Å². The van der Waals surface area contributed by atoms with Gasteiger partial charge in [-0.15, -0.1) is 11.3 Å². The quantitative estimate of drug-likeness (QED) is 0.358. The Kier molecular flexibility index (Phi) is 8.75. The number of thiazole rings is 1. The van der Waals surface area contributed by atoms with Crippen molar-refractivity contribution in [2.75, 3.05) is 11.9 Å². The lowest BCUT2D eigenvalue weighted by molar-refractivity contribution is -0.138. The molecular weight excluding hydrogens is 571 g/mol. The molecule has 1 fully saturated rings. The molecule has 2 aromatic rings. The third-order valence-electron chi connectivity index (χ3n) is 6.49. The van der Waals surface area contributed by atoms with Crippen LogP contribution in [0.5, 0.6) is 0 Å². The van der Waals surface area contributed by atoms with Crippen molar-refractivity contribution < 1.29 is 45.4 Å². The van der Waals surface area contributed by atoms with E-state index in [1.807, 2.05) is 5.32 Å². The van der Waals surface area contributed by atoms with Gasteiger partial charge in [0.05, 0.1) is 23.1 Å². The number of likely N-dealkylation sites (tertiary alicyclic amines) is 1. The van der Waals surface area contributed by atoms with Gasteiger partial charge in [-0.05, 0) is 40.7 Å². The van der Waals surface area contributed by atoms with E-state index in [1.54, 1.807) is 0 Å². The minimum absolute atomic E-state index is 0.299. The molecule has 1 aliphatic heterocycles. The second-order valence-electron chi connectivity index (χ2n) is 10.3. The molecule has 222 valence electrons. The molecule has 2 amide bonds. The van der Waals surface area contributed by atoms with Gasteiger partial charge < -0.3 is 20.6 Å². The topological polar surface area (TPSA) is 107 Å². The SMILES string of the molecule is C[C@H](Nc1cc(C(F)F)c(-c2sc(C(=O)N[C@H](C)C(C)(C)O)nc2C(=O)N2CC(F)(F)C[C@@H]2C)cn1)C(F)(F)F. The van der Waals surface area contributed by atoms with Gasteiger partial charge in [-0.2, -0.15) is 13.2 Å². The molecule has 2 aromatic heterocycles. The first-order chi connectivity index (χ1) is 18.2. The predicted molar refractivity (Wildman–Crippen MR) is 133 cm³/mol. The zero-order chi connectivity index (χ0) is 30.4. The van der Waals surface area contributed by atoms with E-state index in [0.29, 0.717) is 17.4 Å². The van der Waals surface area contributed by atoms with Crippen LogP contribution < -0.4 is 10.6 Å². The maximum atomic E-state index is 14.1. The summed E-state index contributed by atoms with van der Waals surface area (Å²) in [5, 5.41) is 14.2. The Balaban J connectivity index is 2.12. The van der Waals surface area contributed by atoms with Crippen molar-refractivity contribution in [1.29, 1.82) is 0 Å². The summed E-state index contributed by atoms with van der Waals surface area (Å²) in [5.41, 5.74) is -3.16. The first-order valence-electron chi connectivity index (χ1n) is 12.1. The Morgan fingerprint density at radius 2 is 1.82 bits per heavy atom. The van der Waals surface area contributed by atoms with Gasteiger partial charge in [-0.25, -0.2) is 27.5 Å². The first kappa shape index (κ1) is 31.5. The fraction of sp³-hybridized carbons (Fsp3) is 0.583. The monoisotopic (exact) mass is 599 g/mol. The van der Waals surface area contributed by atoms with Gasteiger partial charge in [-0.1, -0.05) is 0 Å². The van der Waals surface area contributed by atoms with Crippen LogP contribution in [0.3, 0.4) is 0 Å². The van der Waals surface area contributed by atoms with Crippen molar-refractivity contribution in [1.82, 2.24) is 20.2 Å². The summed E-state index contributed by atoms with van der Waals surface area (Å²) in [7, 11) is 0. The molecule has 1 saturated heterocycles. The summed E-state index contributed by atoms with van der Waals surface area (Å²) in [6.07, 6.45) is -7.79. The number of nitrogens with zero attached hydrogens (tertiary/aromatic N) is 3. The van der Waals surface area contributed by atoms with E-state index >= 15 is 0 Å². The Morgan fingerprint density at radius 1 is 1.20 bits per heavy atom. The molecule has 3 N–H and O–H groups in total. The number of hydrogen-bond acceptors (Lipinski definition) is 7. The number of pyridine rings is 1. The van der Waals surface area contributed by atoms with Gasteiger partial charge in [0, 0.05) is 29.8 Å². The van der Waals surface area contributed by atoms with Gasteiger partial charge in [0.2, 0.25) is 0 Å². The van der Waals surface area contributed by atoms with Crippen LogP contribution in [0.15, 0.2) is 12.3 Å². The number of rotatable bonds is 8. The standard InChI is InChI=1S/C24H28F7N5O3S/c1-10-7-23(27,28)9-36(10)21(38)16-17(40-20(35-16)19(37)34-11(2)22(4,5)39)14-8-32-15(6-13(14)18(25)26)33-12(3)24(29,30)31/h6,8,10-12,18,39H,7,9H2,1-5H3,(H,32,33)(H,34,37)/t10-,11+,12-/m0/s1. The van der Waals surface area contributed by atoms with E-state index in [9.17, 15) is 45.4 Å². The number of carbonyl (C=O) groups excluding carboxylic acids is 2. The molecule has 8 nitrogen and oxygen atoms in total. The fourth-order valence-corrected chi connectivity index (χ4v) is 4.82. The van der Waals surface area contributed by atoms with E-state index in [2.05, 4.69) is 15.3 Å². The fourth-order valence-electron chi connectivity index (χ4n) is 3.82. The zero-order valence-corrected chi connectivity index (χ0v) is 22.9. The maximum Gasteiger partial charge on any atom is 0.408 e. The highest BCUT2D eigenvalue weighted by molar-refractivity contribution is 7.17. The average Bonchev–Trinajstić information content (AvgIpc) is 3.37. The van der Waals surface area contributed by atoms with Gasteiger partial charge in [0.15, 0.2) is 5.01 Å². The average molecular weight is 600 g/mol. The highest BCUT2D eigenvalue weighted by atomic mass is 32.1. The number of amides is 2. The Morgan fingerprint density at radius 3 is 2.33 bits per heavy atom. The largest absolute Gasteiger partial charge is 0.408 e. The summed E-state index contributed by atoms with van der Waals surface area (Å²) in [5.74, 6) is -5.64. The van der Waals surface area contributed by atoms with Crippen molar-refractivity contribution in [2.45, 2.75) is 83.3 Å². The molecular formula is C24H28F7N5O3S. The lowest BCUT2D eigenvalue weighted by atomic mass is 10.0. The molecule has 0 unspecified atom stereocenters. The first-order valence-corrected chi connectivity index (χ1v) is 12.9. The number of anilines is 1. The lowest BCUT2D eigenvalue weighted by Gasteiger charge is -2.26. The van der Waals surface area contributed by atoms with Crippen LogP contribution in [-0.4, -0.2) is 74.2 Å². The van der Waals surface area contributed by atoms with Crippen molar-refractivity contribution in [3.05, 3.63) is 28.5 Å². The smallest absolute Gasteiger partial charge is 0.388 e. The van der Waals surface area contributed by atoms with Crippen LogP contribution in [-0.2, 0) is 0 Å². The van der Waals surface area contributed by atoms with Crippen LogP contribution in [0, 0.1) is 0 Å². The van der Waals surface area contributed by atoms with Gasteiger partial charge in [0.25, 0.3) is 24.2 Å². The normalized spacial score (nSPS) is 19.1. The number of carbonyl (C=O) groups is 2. The molecule has 0 bridgehead atoms. The van der Waals surface area contributed by atoms with Crippen molar-refractivity contribution >= 4 is 29.0 Å². The zero-order valence-electron chi connectivity index (χ0n) is 22.0. The summed E-state index contributed by atoms with van der Waals surface area (Å²) >= 11 is 0.504. The lowest BCUT2D eigenvalue weighted by Crippen LogP contribution is -2.47. The van der Waals surface area contributed by atoms with Crippen LogP contribution in [0.1, 0.15) is 73.3 Å². The van der Waals surface area contributed by atoms with Gasteiger partial charge in [-0.3, -0.25) is 9.59 Å². The van der Waals surface area contributed by atoms with E-state index in [-0.39, 0.29) is 9.88 Å². The molecule has 0 spiro atoms. The summed E-state index contributed by atoms with van der Waals surface area (Å²) < 4.78 is 95.2. The van der Waals surface area contributed by atoms with Crippen molar-refractivity contribution in [2.24, 2.45) is 0 Å². The number of aromatic nitrogens is 2. The van der Waals surface area contributed by atoms with Crippen molar-refractivity contribution in [3.63, 3.8) is 0 Å². The Bertz CT molecular complexity index is 1260. The highest BCUT2D eigenvalue weighted by Gasteiger charge is 2.46. The molecule has 0 saturated carbocycles. The van der Waals surface area contributed by atoms with Gasteiger partial charge in [0.1, 0.15) is 17.6 Å². The second kappa shape index (κ2) is 11.1. The van der Waals surface area contributed by atoms with Crippen molar-refractivity contribution in [3.8, 4) is 10.4 Å². The number of aliphatic hydroxyl groups is 1. The summed E-state index contributed by atoms with van der Waals surface area (Å²) in [4.78, 5) is 34.6. The Labute approximate surface area is 229 Å². The third kappa shape index (κ3) is 7.00.